The molecule has 4 rings (SSSR count). The van der Waals surface area contributed by atoms with Crippen molar-refractivity contribution >= 4 is 33.8 Å². The molecule has 1 N–H and O–H groups in total. The summed E-state index contributed by atoms with van der Waals surface area (Å²) >= 11 is 0. The summed E-state index contributed by atoms with van der Waals surface area (Å²) in [5, 5.41) is 6.95. The van der Waals surface area contributed by atoms with Crippen LogP contribution in [0.5, 0.6) is 0 Å². The van der Waals surface area contributed by atoms with Gasteiger partial charge < -0.3 is 9.84 Å². The Morgan fingerprint density at radius 2 is 1.94 bits per heavy atom. The summed E-state index contributed by atoms with van der Waals surface area (Å²) in [6, 6.07) is 13.8. The molecule has 36 heavy (non-hydrogen) atoms. The van der Waals surface area contributed by atoms with E-state index in [1.165, 1.54) is 4.31 Å². The highest BCUT2D eigenvalue weighted by Crippen LogP contribution is 2.30. The van der Waals surface area contributed by atoms with E-state index in [0.717, 1.165) is 34.4 Å². The minimum Gasteiger partial charge on any atom is -0.355 e. The molecule has 1 aliphatic rings. The zero-order valence-corrected chi connectivity index (χ0v) is 22.1. The molecule has 1 saturated heterocycles. The summed E-state index contributed by atoms with van der Waals surface area (Å²) in [6.45, 7) is 8.14. The molecule has 0 unspecified atom stereocenters. The van der Waals surface area contributed by atoms with Crippen molar-refractivity contribution < 1.29 is 17.7 Å². The molecular formula is C28H33N3O4S. The number of sulfonamides is 1. The molecule has 2 aromatic carbocycles. The summed E-state index contributed by atoms with van der Waals surface area (Å²) in [7, 11) is -3.91. The molecule has 1 fully saturated rings. The zero-order valence-electron chi connectivity index (χ0n) is 21.2. The first-order chi connectivity index (χ1) is 17.2. The van der Waals surface area contributed by atoms with E-state index >= 15 is 0 Å². The van der Waals surface area contributed by atoms with Crippen LogP contribution in [0.1, 0.15) is 53.5 Å². The fourth-order valence-corrected chi connectivity index (χ4v) is 6.37. The Morgan fingerprint density at radius 3 is 2.72 bits per heavy atom. The first kappa shape index (κ1) is 25.9. The maximum absolute atomic E-state index is 13.7. The van der Waals surface area contributed by atoms with E-state index in [1.807, 2.05) is 69.3 Å². The predicted molar refractivity (Wildman–Crippen MR) is 142 cm³/mol. The molecule has 1 atom stereocenters. The molecule has 0 saturated carbocycles. The first-order valence-corrected chi connectivity index (χ1v) is 13.7. The maximum Gasteiger partial charge on any atom is 0.248 e. The van der Waals surface area contributed by atoms with E-state index in [9.17, 15) is 13.2 Å². The summed E-state index contributed by atoms with van der Waals surface area (Å²) < 4.78 is 34.2. The number of aryl methyl sites for hydroxylation is 4. The lowest BCUT2D eigenvalue weighted by atomic mass is 9.98. The predicted octanol–water partition coefficient (Wildman–Crippen LogP) is 5.37. The Balaban J connectivity index is 1.55. The van der Waals surface area contributed by atoms with Crippen LogP contribution in [-0.4, -0.2) is 36.9 Å². The van der Waals surface area contributed by atoms with E-state index in [4.69, 9.17) is 4.52 Å². The number of hydrogen-bond donors (Lipinski definition) is 1. The molecular weight excluding hydrogens is 474 g/mol. The third-order valence-electron chi connectivity index (χ3n) is 6.69. The first-order valence-electron chi connectivity index (χ1n) is 12.3. The molecule has 0 spiro atoms. The summed E-state index contributed by atoms with van der Waals surface area (Å²) in [5.74, 6) is -0.405. The summed E-state index contributed by atoms with van der Waals surface area (Å²) in [4.78, 5) is 13.1. The second-order valence-electron chi connectivity index (χ2n) is 9.36. The van der Waals surface area contributed by atoms with E-state index in [1.54, 1.807) is 13.0 Å². The number of rotatable bonds is 7. The standard InChI is InChI=1S/C28H33N3O4S/c1-5-22-9-6-7-11-25(22)29-28(32)24-10-8-16-31(18-24)36(33,34)27-21(4)30-35-26(27)15-14-23-17-19(2)12-13-20(23)3/h6-7,9,11-15,17,24H,5,8,10,16,18H2,1-4H3,(H,29,32)/b15-14+/t24-/m0/s1. The zero-order chi connectivity index (χ0) is 25.9. The van der Waals surface area contributed by atoms with Crippen molar-refractivity contribution in [1.82, 2.24) is 9.46 Å². The van der Waals surface area contributed by atoms with Crippen LogP contribution >= 0.6 is 0 Å². The number of carbonyl (C=O) groups excluding carboxylic acids is 1. The fraction of sp³-hybridized carbons (Fsp3) is 0.357. The topological polar surface area (TPSA) is 92.5 Å². The van der Waals surface area contributed by atoms with Gasteiger partial charge in [-0.05, 0) is 68.9 Å². The highest BCUT2D eigenvalue weighted by atomic mass is 32.2. The van der Waals surface area contributed by atoms with E-state index in [0.29, 0.717) is 25.1 Å². The number of aromatic nitrogens is 1. The van der Waals surface area contributed by atoms with Gasteiger partial charge in [0.05, 0.1) is 5.92 Å². The second kappa shape index (κ2) is 10.8. The van der Waals surface area contributed by atoms with Crippen LogP contribution in [0.2, 0.25) is 0 Å². The largest absolute Gasteiger partial charge is 0.355 e. The number of nitrogens with one attached hydrogen (secondary N) is 1. The van der Waals surface area contributed by atoms with Gasteiger partial charge in [-0.1, -0.05) is 60.1 Å². The molecule has 0 bridgehead atoms. The van der Waals surface area contributed by atoms with Gasteiger partial charge in [0, 0.05) is 18.8 Å². The Bertz CT molecular complexity index is 1390. The Morgan fingerprint density at radius 1 is 1.17 bits per heavy atom. The number of para-hydroxylation sites is 1. The molecule has 0 radical (unpaired) electrons. The van der Waals surface area contributed by atoms with Crippen LogP contribution in [0.25, 0.3) is 12.2 Å². The number of carbonyl (C=O) groups is 1. The normalized spacial score (nSPS) is 16.9. The molecule has 2 heterocycles. The number of anilines is 1. The SMILES string of the molecule is CCc1ccccc1NC(=O)[C@H]1CCCN(S(=O)(=O)c2c(C)noc2/C=C/c2cc(C)ccc2C)C1. The molecule has 1 amide bonds. The van der Waals surface area contributed by atoms with Crippen molar-refractivity contribution in [2.75, 3.05) is 18.4 Å². The monoisotopic (exact) mass is 507 g/mol. The van der Waals surface area contributed by atoms with Gasteiger partial charge in [-0.25, -0.2) is 8.42 Å². The second-order valence-corrected chi connectivity index (χ2v) is 11.2. The average molecular weight is 508 g/mol. The van der Waals surface area contributed by atoms with Crippen molar-refractivity contribution in [2.45, 2.75) is 51.9 Å². The molecule has 190 valence electrons. The van der Waals surface area contributed by atoms with Crippen LogP contribution < -0.4 is 5.32 Å². The van der Waals surface area contributed by atoms with Gasteiger partial charge in [0.1, 0.15) is 5.69 Å². The van der Waals surface area contributed by atoms with Crippen LogP contribution in [0.3, 0.4) is 0 Å². The molecule has 1 aliphatic heterocycles. The molecule has 3 aromatic rings. The van der Waals surface area contributed by atoms with Gasteiger partial charge in [0.15, 0.2) is 10.7 Å². The number of amides is 1. The Hall–Kier alpha value is -3.23. The van der Waals surface area contributed by atoms with Gasteiger partial charge in [0.2, 0.25) is 15.9 Å². The number of hydrogen-bond acceptors (Lipinski definition) is 5. The van der Waals surface area contributed by atoms with E-state index < -0.39 is 15.9 Å². The minimum atomic E-state index is -3.91. The Labute approximate surface area is 213 Å². The lowest BCUT2D eigenvalue weighted by Gasteiger charge is -2.31. The average Bonchev–Trinajstić information content (AvgIpc) is 3.26. The summed E-state index contributed by atoms with van der Waals surface area (Å²) in [6.07, 6.45) is 5.54. The fourth-order valence-electron chi connectivity index (χ4n) is 4.59. The van der Waals surface area contributed by atoms with Crippen molar-refractivity contribution in [3.05, 3.63) is 76.2 Å². The smallest absolute Gasteiger partial charge is 0.248 e. The Kier molecular flexibility index (Phi) is 7.76. The van der Waals surface area contributed by atoms with Gasteiger partial charge in [-0.15, -0.1) is 0 Å². The quantitative estimate of drug-likeness (QED) is 0.464. The highest BCUT2D eigenvalue weighted by Gasteiger charge is 2.37. The maximum atomic E-state index is 13.7. The number of nitrogens with zero attached hydrogens (tertiary/aromatic N) is 2. The van der Waals surface area contributed by atoms with Gasteiger partial charge >= 0.3 is 0 Å². The van der Waals surface area contributed by atoms with Crippen LogP contribution in [0.4, 0.5) is 5.69 Å². The van der Waals surface area contributed by atoms with Crippen molar-refractivity contribution in [2.24, 2.45) is 5.92 Å². The van der Waals surface area contributed by atoms with Gasteiger partial charge in [0.25, 0.3) is 0 Å². The number of benzene rings is 2. The molecule has 8 heteroatoms. The number of piperidine rings is 1. The van der Waals surface area contributed by atoms with Crippen LogP contribution in [0, 0.1) is 26.7 Å². The van der Waals surface area contributed by atoms with Crippen LogP contribution in [0.15, 0.2) is 51.9 Å². The highest BCUT2D eigenvalue weighted by molar-refractivity contribution is 7.89. The lowest BCUT2D eigenvalue weighted by molar-refractivity contribution is -0.120. The van der Waals surface area contributed by atoms with Gasteiger partial charge in [-0.3, -0.25) is 4.79 Å². The summed E-state index contributed by atoms with van der Waals surface area (Å²) in [5.41, 5.74) is 5.30. The molecule has 0 aliphatic carbocycles. The van der Waals surface area contributed by atoms with Crippen molar-refractivity contribution in [3.8, 4) is 0 Å². The lowest BCUT2D eigenvalue weighted by Crippen LogP contribution is -2.44. The molecule has 1 aromatic heterocycles. The van der Waals surface area contributed by atoms with Crippen molar-refractivity contribution in [3.63, 3.8) is 0 Å². The third-order valence-corrected chi connectivity index (χ3v) is 8.72. The minimum absolute atomic E-state index is 0.0569. The van der Waals surface area contributed by atoms with E-state index in [2.05, 4.69) is 10.5 Å². The third kappa shape index (κ3) is 5.44. The molecule has 7 nitrogen and oxygen atoms in total. The van der Waals surface area contributed by atoms with E-state index in [-0.39, 0.29) is 23.1 Å². The van der Waals surface area contributed by atoms with Crippen LogP contribution in [-0.2, 0) is 21.2 Å². The van der Waals surface area contributed by atoms with Gasteiger partial charge in [-0.2, -0.15) is 4.31 Å². The van der Waals surface area contributed by atoms with Crippen molar-refractivity contribution in [1.29, 1.82) is 0 Å².